The molecule has 0 aromatic heterocycles. The Morgan fingerprint density at radius 1 is 0.346 bits per heavy atom. The second-order valence-corrected chi connectivity index (χ2v) is 39.5. The Hall–Kier alpha value is -3.54. The number of ether oxygens (including phenoxy) is 2. The van der Waals surface area contributed by atoms with E-state index in [1.54, 1.807) is 0 Å². The van der Waals surface area contributed by atoms with E-state index in [4.69, 9.17) is 56.9 Å². The monoisotopic (exact) mass is 1520 g/mol. The summed E-state index contributed by atoms with van der Waals surface area (Å²) in [5.74, 6) is 1.86. The van der Waals surface area contributed by atoms with Crippen molar-refractivity contribution in [3.63, 3.8) is 0 Å². The fourth-order valence-electron chi connectivity index (χ4n) is 7.80. The summed E-state index contributed by atoms with van der Waals surface area (Å²) in [7, 11) is -3.69. The van der Waals surface area contributed by atoms with Gasteiger partial charge in [0.2, 0.25) is 0 Å². The Labute approximate surface area is 492 Å². The molecule has 2 N–H and O–H groups in total. The molecule has 0 spiro atoms. The summed E-state index contributed by atoms with van der Waals surface area (Å²) in [4.78, 5) is 0. The van der Waals surface area contributed by atoms with Gasteiger partial charge >= 0.3 is 149 Å². The molecule has 0 aliphatic rings. The van der Waals surface area contributed by atoms with Crippen molar-refractivity contribution in [1.29, 1.82) is 0 Å². The number of benzene rings is 8. The van der Waals surface area contributed by atoms with Crippen LogP contribution in [-0.4, -0.2) is 21.6 Å². The zero-order chi connectivity index (χ0) is 57.9. The number of hydrogen-bond acceptors (Lipinski definition) is 12. The molecule has 0 aliphatic carbocycles. The van der Waals surface area contributed by atoms with Crippen molar-refractivity contribution in [1.82, 2.24) is 0 Å². The van der Waals surface area contributed by atoms with Gasteiger partial charge in [-0.2, -0.15) is 0 Å². The molecule has 8 aromatic carbocycles. The summed E-state index contributed by atoms with van der Waals surface area (Å²) in [6, 6.07) is 83.3. The Kier molecular flexibility index (Phi) is 30.0. The molecule has 24 heteroatoms. The summed E-state index contributed by atoms with van der Waals surface area (Å²) in [5, 5.41) is 8.45. The molecule has 0 heterocycles. The minimum absolute atomic E-state index is 0.689. The number of halogens is 4. The SMILES string of the molecule is CCOc1ccc(C[P+](c2ccccc2)(c2ccccc2)c2ccccc2)cc1.CCOc1ccc(C[P+](c2ccccc2)(c2ccccc2)c2ccccc2)cc1.[O]=[Mn](=[O])([O-])[Br].[O]=[Mn](=[O])([O-])[Br].[O]=[Mn](=[O])([OH])[Br].[O]=[Mn](=[O])([OH])[Br]. The summed E-state index contributed by atoms with van der Waals surface area (Å²) in [5.41, 5.74) is 2.66. The molecule has 8 rings (SSSR count). The van der Waals surface area contributed by atoms with Crippen LogP contribution in [0.25, 0.3) is 0 Å². The third-order valence-corrected chi connectivity index (χ3v) is 19.2. The first-order valence-corrected chi connectivity index (χ1v) is 44.1. The van der Waals surface area contributed by atoms with Gasteiger partial charge in [-0.1, -0.05) is 133 Å². The fourth-order valence-corrected chi connectivity index (χ4v) is 16.3. The van der Waals surface area contributed by atoms with E-state index in [1.807, 2.05) is 70.3 Å². The van der Waals surface area contributed by atoms with Crippen molar-refractivity contribution >= 4 is 103 Å². The van der Waals surface area contributed by atoms with Gasteiger partial charge in [-0.25, -0.2) is 0 Å². The maximum atomic E-state index is 9.16. The maximum absolute atomic E-state index is 9.16. The average molecular weight is 1530 g/mol. The summed E-state index contributed by atoms with van der Waals surface area (Å²) in [6.45, 7) is 5.41. The van der Waals surface area contributed by atoms with Crippen molar-refractivity contribution in [3.8, 4) is 11.5 Å². The van der Waals surface area contributed by atoms with Crippen LogP contribution in [0, 0.1) is 0 Å². The summed E-state index contributed by atoms with van der Waals surface area (Å²) < 4.78 is 117. The van der Waals surface area contributed by atoms with E-state index in [0.29, 0.717) is 13.2 Å². The minimum atomic E-state index is -4.56. The molecule has 0 atom stereocenters. The van der Waals surface area contributed by atoms with E-state index in [9.17, 15) is 0 Å². The van der Waals surface area contributed by atoms with Crippen LogP contribution >= 0.6 is 71.0 Å². The molecule has 0 radical (unpaired) electrons. The topological polar surface area (TPSA) is 242 Å². The van der Waals surface area contributed by atoms with Gasteiger partial charge in [0.15, 0.2) is 0 Å². The molecular weight excluding hydrogens is 1470 g/mol. The normalized spacial score (nSPS) is 11.3. The first-order valence-electron chi connectivity index (χ1n) is 22.6. The third kappa shape index (κ3) is 27.3. The average Bonchev–Trinajstić information content (AvgIpc) is 3.59. The fraction of sp³-hybridized carbons (Fsp3) is 0.111. The van der Waals surface area contributed by atoms with Gasteiger partial charge in [-0.3, -0.25) is 0 Å². The van der Waals surface area contributed by atoms with Crippen LogP contribution in [0.1, 0.15) is 25.0 Å². The van der Waals surface area contributed by atoms with Crippen molar-refractivity contribution in [2.45, 2.75) is 26.2 Å². The van der Waals surface area contributed by atoms with Crippen molar-refractivity contribution in [2.24, 2.45) is 0 Å². The van der Waals surface area contributed by atoms with E-state index >= 15 is 0 Å². The van der Waals surface area contributed by atoms with E-state index in [-0.39, 0.29) is 0 Å². The van der Waals surface area contributed by atoms with E-state index in [1.165, 1.54) is 43.0 Å². The zero-order valence-corrected chi connectivity index (χ0v) is 54.3. The van der Waals surface area contributed by atoms with Gasteiger partial charge < -0.3 is 9.47 Å². The number of hydrogen-bond donors (Lipinski definition) is 2. The molecule has 0 aliphatic heterocycles. The molecule has 0 unspecified atom stereocenters. The van der Waals surface area contributed by atoms with Gasteiger partial charge in [0, 0.05) is 0 Å². The van der Waals surface area contributed by atoms with Crippen LogP contribution < -0.4 is 49.7 Å². The molecule has 0 bridgehead atoms. The molecule has 0 fully saturated rings. The summed E-state index contributed by atoms with van der Waals surface area (Å²) in [6.07, 6.45) is 1.97. The van der Waals surface area contributed by atoms with Gasteiger partial charge in [0.25, 0.3) is 0 Å². The Morgan fingerprint density at radius 3 is 0.641 bits per heavy atom. The Morgan fingerprint density at radius 2 is 0.500 bits per heavy atom. The third-order valence-electron chi connectivity index (χ3n) is 10.5. The second-order valence-electron chi connectivity index (χ2n) is 15.6. The first kappa shape index (κ1) is 68.7. The van der Waals surface area contributed by atoms with Crippen LogP contribution in [0.4, 0.5) is 0 Å². The van der Waals surface area contributed by atoms with Crippen LogP contribution in [-0.2, 0) is 87.9 Å². The molecule has 8 aromatic rings. The standard InChI is InChI=1S/2C27H26OP.4BrH.4Mn.2H2O.10O/c2*1-2-28-24-20-18-23(19-21-24)22-29(25-12-6-3-7-13-25,26-14-8-4-9-15-26)27-16-10-5-11-17-27;;;;;;;;;;;;;;;;;;;;/h2*3-21H,2,22H2,1H3;4*1H;;;;;2*1H2;;;;;;;;;;/q2*+1;;;;;2*+1;2*+2;;;;;;;;;;;2*-1/p-6. The quantitative estimate of drug-likeness (QED) is 0.0761. The van der Waals surface area contributed by atoms with Crippen LogP contribution in [0.3, 0.4) is 0 Å². The Bertz CT molecular complexity index is 2930. The van der Waals surface area contributed by atoms with Crippen molar-refractivity contribution in [2.75, 3.05) is 13.2 Å². The van der Waals surface area contributed by atoms with Crippen molar-refractivity contribution in [3.05, 3.63) is 242 Å². The molecule has 14 nitrogen and oxygen atoms in total. The van der Waals surface area contributed by atoms with Gasteiger partial charge in [-0.15, -0.1) is 0 Å². The zero-order valence-electron chi connectivity index (χ0n) is 41.5. The second kappa shape index (κ2) is 34.0. The van der Waals surface area contributed by atoms with Crippen LogP contribution in [0.5, 0.6) is 11.5 Å². The Balaban J connectivity index is 0.000000305. The molecule has 0 amide bonds. The van der Waals surface area contributed by atoms with E-state index in [0.717, 1.165) is 23.8 Å². The van der Waals surface area contributed by atoms with Crippen LogP contribution in [0.15, 0.2) is 231 Å². The molecule has 78 heavy (non-hydrogen) atoms. The molecule has 0 saturated heterocycles. The molecular formula is C54H54Br4Mn4O14P2. The summed E-state index contributed by atoms with van der Waals surface area (Å²) >= 11 is -10.1. The van der Waals surface area contributed by atoms with Crippen LogP contribution in [0.2, 0.25) is 0 Å². The predicted molar refractivity (Wildman–Crippen MR) is 299 cm³/mol. The van der Waals surface area contributed by atoms with Gasteiger partial charge in [0.05, 0.1) is 25.5 Å². The predicted octanol–water partition coefficient (Wildman–Crippen LogP) is 10.1. The number of rotatable bonds is 14. The van der Waals surface area contributed by atoms with E-state index in [2.05, 4.69) is 231 Å². The first-order chi connectivity index (χ1) is 36.7. The van der Waals surface area contributed by atoms with Gasteiger partial charge in [0.1, 0.15) is 57.9 Å². The van der Waals surface area contributed by atoms with Gasteiger partial charge in [-0.05, 0) is 122 Å². The van der Waals surface area contributed by atoms with Crippen molar-refractivity contribution < 1.29 is 102 Å². The molecule has 0 saturated carbocycles. The molecule has 420 valence electrons. The van der Waals surface area contributed by atoms with E-state index < -0.39 is 59.4 Å².